The Morgan fingerprint density at radius 3 is 2.90 bits per heavy atom. The van der Waals surface area contributed by atoms with Crippen molar-refractivity contribution in [3.63, 3.8) is 0 Å². The van der Waals surface area contributed by atoms with Crippen LogP contribution in [0.3, 0.4) is 0 Å². The molecule has 21 heavy (non-hydrogen) atoms. The summed E-state index contributed by atoms with van der Waals surface area (Å²) >= 11 is 0. The van der Waals surface area contributed by atoms with Crippen molar-refractivity contribution in [3.05, 3.63) is 47.1 Å². The van der Waals surface area contributed by atoms with E-state index in [0.29, 0.717) is 18.1 Å². The quantitative estimate of drug-likeness (QED) is 0.914. The largest absolute Gasteiger partial charge is 0.481 e. The zero-order valence-corrected chi connectivity index (χ0v) is 12.2. The van der Waals surface area contributed by atoms with E-state index in [2.05, 4.69) is 22.3 Å². The van der Waals surface area contributed by atoms with Gasteiger partial charge in [-0.3, -0.25) is 4.79 Å². The van der Waals surface area contributed by atoms with Gasteiger partial charge in [0.15, 0.2) is 5.82 Å². The number of hydrogen-bond acceptors (Lipinski definition) is 4. The van der Waals surface area contributed by atoms with Crippen LogP contribution in [-0.4, -0.2) is 21.2 Å². The van der Waals surface area contributed by atoms with Crippen LogP contribution in [0.2, 0.25) is 0 Å². The molecule has 0 saturated carbocycles. The summed E-state index contributed by atoms with van der Waals surface area (Å²) in [6.45, 7) is 3.79. The number of carboxylic acid groups (broad SMARTS) is 1. The van der Waals surface area contributed by atoms with Gasteiger partial charge >= 0.3 is 5.97 Å². The fraction of sp³-hybridized carbons (Fsp3) is 0.438. The molecule has 110 valence electrons. The molecule has 1 aromatic heterocycles. The third-order valence-corrected chi connectivity index (χ3v) is 3.91. The average molecular weight is 286 g/mol. The van der Waals surface area contributed by atoms with Crippen LogP contribution in [-0.2, 0) is 17.6 Å². The third kappa shape index (κ3) is 2.82. The summed E-state index contributed by atoms with van der Waals surface area (Å²) in [4.78, 5) is 15.3. The van der Waals surface area contributed by atoms with Gasteiger partial charge in [-0.2, -0.15) is 4.98 Å². The highest BCUT2D eigenvalue weighted by Crippen LogP contribution is 2.38. The Bertz CT molecular complexity index is 676. The first-order chi connectivity index (χ1) is 9.94. The average Bonchev–Trinajstić information content (AvgIpc) is 2.76. The highest BCUT2D eigenvalue weighted by atomic mass is 16.5. The van der Waals surface area contributed by atoms with Crippen LogP contribution in [0.25, 0.3) is 0 Å². The van der Waals surface area contributed by atoms with Crippen LogP contribution >= 0.6 is 0 Å². The third-order valence-electron chi connectivity index (χ3n) is 3.91. The van der Waals surface area contributed by atoms with Crippen LogP contribution in [0, 0.1) is 5.41 Å². The molecule has 2 aromatic rings. The molecule has 1 atom stereocenters. The SMILES string of the molecule is CC(C)(CC(=O)O)Cc1nc(C2Cc3ccccc32)no1. The Labute approximate surface area is 123 Å². The first-order valence-electron chi connectivity index (χ1n) is 7.07. The fourth-order valence-corrected chi connectivity index (χ4v) is 2.85. The van der Waals surface area contributed by atoms with E-state index in [4.69, 9.17) is 9.63 Å². The number of fused-ring (bicyclic) bond motifs is 1. The van der Waals surface area contributed by atoms with Crippen molar-refractivity contribution in [2.75, 3.05) is 0 Å². The van der Waals surface area contributed by atoms with Gasteiger partial charge in [0.25, 0.3) is 0 Å². The Balaban J connectivity index is 1.72. The van der Waals surface area contributed by atoms with Gasteiger partial charge in [0.1, 0.15) is 0 Å². The van der Waals surface area contributed by atoms with Gasteiger partial charge in [-0.05, 0) is 23.0 Å². The summed E-state index contributed by atoms with van der Waals surface area (Å²) < 4.78 is 5.30. The van der Waals surface area contributed by atoms with Crippen molar-refractivity contribution in [2.24, 2.45) is 5.41 Å². The second-order valence-electron chi connectivity index (χ2n) is 6.41. The van der Waals surface area contributed by atoms with Crippen molar-refractivity contribution in [2.45, 2.75) is 39.0 Å². The molecule has 5 heteroatoms. The van der Waals surface area contributed by atoms with Crippen molar-refractivity contribution in [1.82, 2.24) is 10.1 Å². The van der Waals surface area contributed by atoms with Crippen LogP contribution in [0.15, 0.2) is 28.8 Å². The topological polar surface area (TPSA) is 76.2 Å². The molecule has 0 amide bonds. The number of carbonyl (C=O) groups is 1. The van der Waals surface area contributed by atoms with Crippen molar-refractivity contribution in [3.8, 4) is 0 Å². The van der Waals surface area contributed by atoms with E-state index in [1.807, 2.05) is 26.0 Å². The molecule has 1 aromatic carbocycles. The second kappa shape index (κ2) is 4.98. The maximum Gasteiger partial charge on any atom is 0.303 e. The van der Waals surface area contributed by atoms with Gasteiger partial charge in [0.2, 0.25) is 5.89 Å². The van der Waals surface area contributed by atoms with E-state index in [1.165, 1.54) is 11.1 Å². The standard InChI is InChI=1S/C16H18N2O3/c1-16(2,9-14(19)20)8-13-17-15(18-21-13)12-7-10-5-3-4-6-11(10)12/h3-6,12H,7-9H2,1-2H3,(H,19,20). The molecule has 1 heterocycles. The highest BCUT2D eigenvalue weighted by Gasteiger charge is 2.32. The van der Waals surface area contributed by atoms with Gasteiger partial charge < -0.3 is 9.63 Å². The number of aliphatic carboxylic acids is 1. The minimum absolute atomic E-state index is 0.0803. The predicted octanol–water partition coefficient (Wildman–Crippen LogP) is 2.80. The zero-order chi connectivity index (χ0) is 15.0. The number of carboxylic acids is 1. The molecule has 0 spiro atoms. The molecule has 0 aliphatic heterocycles. The first-order valence-corrected chi connectivity index (χ1v) is 7.07. The molecule has 5 nitrogen and oxygen atoms in total. The first kappa shape index (κ1) is 13.8. The summed E-state index contributed by atoms with van der Waals surface area (Å²) in [7, 11) is 0. The fourth-order valence-electron chi connectivity index (χ4n) is 2.85. The van der Waals surface area contributed by atoms with Gasteiger partial charge in [-0.1, -0.05) is 43.3 Å². The number of rotatable bonds is 5. The van der Waals surface area contributed by atoms with Crippen molar-refractivity contribution < 1.29 is 14.4 Å². The molecule has 1 unspecified atom stereocenters. The summed E-state index contributed by atoms with van der Waals surface area (Å²) in [5.41, 5.74) is 2.20. The van der Waals surface area contributed by atoms with Crippen molar-refractivity contribution in [1.29, 1.82) is 0 Å². The van der Waals surface area contributed by atoms with Gasteiger partial charge in [-0.25, -0.2) is 0 Å². The lowest BCUT2D eigenvalue weighted by atomic mass is 9.77. The van der Waals surface area contributed by atoms with E-state index in [9.17, 15) is 4.79 Å². The molecule has 0 radical (unpaired) electrons. The molecule has 0 saturated heterocycles. The minimum Gasteiger partial charge on any atom is -0.481 e. The normalized spacial score (nSPS) is 17.1. The van der Waals surface area contributed by atoms with Gasteiger partial charge in [0.05, 0.1) is 12.3 Å². The monoisotopic (exact) mass is 286 g/mol. The zero-order valence-electron chi connectivity index (χ0n) is 12.2. The minimum atomic E-state index is -0.812. The van der Waals surface area contributed by atoms with E-state index in [1.54, 1.807) is 0 Å². The Kier molecular flexibility index (Phi) is 3.27. The maximum absolute atomic E-state index is 10.8. The van der Waals surface area contributed by atoms with Gasteiger partial charge in [0, 0.05) is 6.42 Å². The lowest BCUT2D eigenvalue weighted by molar-refractivity contribution is -0.139. The lowest BCUT2D eigenvalue weighted by Gasteiger charge is -2.27. The molecule has 0 bridgehead atoms. The number of nitrogens with zero attached hydrogens (tertiary/aromatic N) is 2. The number of aromatic nitrogens is 2. The van der Waals surface area contributed by atoms with Crippen LogP contribution in [0.4, 0.5) is 0 Å². The van der Waals surface area contributed by atoms with E-state index < -0.39 is 11.4 Å². The van der Waals surface area contributed by atoms with Gasteiger partial charge in [-0.15, -0.1) is 0 Å². The molecule has 0 fully saturated rings. The molecule has 1 N–H and O–H groups in total. The highest BCUT2D eigenvalue weighted by molar-refractivity contribution is 5.67. The van der Waals surface area contributed by atoms with E-state index in [-0.39, 0.29) is 12.3 Å². The Morgan fingerprint density at radius 1 is 1.43 bits per heavy atom. The van der Waals surface area contributed by atoms with Crippen LogP contribution in [0.1, 0.15) is 49.0 Å². The summed E-state index contributed by atoms with van der Waals surface area (Å²) in [6.07, 6.45) is 1.49. The predicted molar refractivity (Wildman–Crippen MR) is 76.0 cm³/mol. The molecular weight excluding hydrogens is 268 g/mol. The number of hydrogen-bond donors (Lipinski definition) is 1. The van der Waals surface area contributed by atoms with E-state index in [0.717, 1.165) is 6.42 Å². The summed E-state index contributed by atoms with van der Waals surface area (Å²) in [6, 6.07) is 8.25. The van der Waals surface area contributed by atoms with E-state index >= 15 is 0 Å². The number of benzene rings is 1. The molecule has 1 aliphatic carbocycles. The Morgan fingerprint density at radius 2 is 2.19 bits per heavy atom. The Hall–Kier alpha value is -2.17. The molecule has 3 rings (SSSR count). The molecular formula is C16H18N2O3. The van der Waals surface area contributed by atoms with Crippen molar-refractivity contribution >= 4 is 5.97 Å². The maximum atomic E-state index is 10.8. The summed E-state index contributed by atoms with van der Waals surface area (Å²) in [5.74, 6) is 0.615. The van der Waals surface area contributed by atoms with Crippen LogP contribution in [0.5, 0.6) is 0 Å². The second-order valence-corrected chi connectivity index (χ2v) is 6.41. The smallest absolute Gasteiger partial charge is 0.303 e. The van der Waals surface area contributed by atoms with Crippen LogP contribution < -0.4 is 0 Å². The lowest BCUT2D eigenvalue weighted by Crippen LogP contribution is -2.21. The molecule has 1 aliphatic rings. The summed E-state index contributed by atoms with van der Waals surface area (Å²) in [5, 5.41) is 13.0.